The summed E-state index contributed by atoms with van der Waals surface area (Å²) >= 11 is 0. The third-order valence-corrected chi connectivity index (χ3v) is 5.30. The van der Waals surface area contributed by atoms with Crippen LogP contribution < -0.4 is 0 Å². The first-order valence-corrected chi connectivity index (χ1v) is 6.32. The second-order valence-electron chi connectivity index (χ2n) is 5.66. The van der Waals surface area contributed by atoms with Gasteiger partial charge in [0.15, 0.2) is 0 Å². The Morgan fingerprint density at radius 2 is 2.13 bits per heavy atom. The van der Waals surface area contributed by atoms with Crippen LogP contribution in [0, 0.1) is 17.3 Å². The lowest BCUT2D eigenvalue weighted by Crippen LogP contribution is -2.47. The summed E-state index contributed by atoms with van der Waals surface area (Å²) in [4.78, 5) is 11.9. The Morgan fingerprint density at radius 1 is 1.27 bits per heavy atom. The first kappa shape index (κ1) is 9.83. The molecule has 0 heterocycles. The number of hydrogen-bond donors (Lipinski definition) is 0. The summed E-state index contributed by atoms with van der Waals surface area (Å²) in [6, 6.07) is 0. The monoisotopic (exact) mass is 208 g/mol. The van der Waals surface area contributed by atoms with Gasteiger partial charge in [-0.25, -0.2) is 0 Å². The lowest BCUT2D eigenvalue weighted by atomic mass is 9.57. The van der Waals surface area contributed by atoms with Gasteiger partial charge in [-0.3, -0.25) is 4.79 Å². The van der Waals surface area contributed by atoms with Gasteiger partial charge in [-0.15, -0.1) is 0 Å². The molecule has 0 saturated heterocycles. The van der Waals surface area contributed by atoms with Gasteiger partial charge in [-0.1, -0.05) is 0 Å². The summed E-state index contributed by atoms with van der Waals surface area (Å²) in [5.41, 5.74) is 0.127. The standard InChI is InChI=1S/C13H20O2/c1-15-10-3-2-9-4-6-13(11(9)8-10)7-5-12(13)14/h9-11H,2-8H2,1H3. The topological polar surface area (TPSA) is 26.3 Å². The average molecular weight is 208 g/mol. The van der Waals surface area contributed by atoms with Crippen LogP contribution in [-0.2, 0) is 9.53 Å². The van der Waals surface area contributed by atoms with Crippen molar-refractivity contribution < 1.29 is 9.53 Å². The van der Waals surface area contributed by atoms with Crippen molar-refractivity contribution in [2.24, 2.45) is 17.3 Å². The zero-order valence-electron chi connectivity index (χ0n) is 9.50. The molecular formula is C13H20O2. The maximum absolute atomic E-state index is 11.9. The molecule has 0 aliphatic heterocycles. The quantitative estimate of drug-likeness (QED) is 0.662. The molecule has 2 heteroatoms. The van der Waals surface area contributed by atoms with Crippen molar-refractivity contribution >= 4 is 5.78 Å². The van der Waals surface area contributed by atoms with Crippen molar-refractivity contribution in [3.8, 4) is 0 Å². The number of ketones is 1. The molecule has 2 nitrogen and oxygen atoms in total. The second-order valence-corrected chi connectivity index (χ2v) is 5.66. The van der Waals surface area contributed by atoms with Crippen molar-refractivity contribution in [3.05, 3.63) is 0 Å². The number of ether oxygens (including phenoxy) is 1. The summed E-state index contributed by atoms with van der Waals surface area (Å²) in [5.74, 6) is 2.06. The van der Waals surface area contributed by atoms with Gasteiger partial charge >= 0.3 is 0 Å². The van der Waals surface area contributed by atoms with E-state index in [0.717, 1.165) is 18.8 Å². The van der Waals surface area contributed by atoms with Crippen LogP contribution in [0.2, 0.25) is 0 Å². The molecule has 0 N–H and O–H groups in total. The van der Waals surface area contributed by atoms with Crippen molar-refractivity contribution in [3.63, 3.8) is 0 Å². The molecule has 0 aromatic rings. The Labute approximate surface area is 91.4 Å². The maximum atomic E-state index is 11.9. The molecule has 0 aromatic carbocycles. The first-order chi connectivity index (χ1) is 7.26. The predicted octanol–water partition coefficient (Wildman–Crippen LogP) is 2.56. The SMILES string of the molecule is COC1CCC2CCC3(CCC3=O)C2C1. The van der Waals surface area contributed by atoms with Gasteiger partial charge in [0.2, 0.25) is 0 Å². The van der Waals surface area contributed by atoms with Crippen LogP contribution in [0.4, 0.5) is 0 Å². The lowest BCUT2D eigenvalue weighted by Gasteiger charge is -2.46. The predicted molar refractivity (Wildman–Crippen MR) is 57.5 cm³/mol. The van der Waals surface area contributed by atoms with E-state index in [0.29, 0.717) is 17.8 Å². The Kier molecular flexibility index (Phi) is 2.17. The Balaban J connectivity index is 1.81. The Morgan fingerprint density at radius 3 is 2.73 bits per heavy atom. The van der Waals surface area contributed by atoms with Crippen LogP contribution >= 0.6 is 0 Å². The van der Waals surface area contributed by atoms with Crippen LogP contribution in [-0.4, -0.2) is 19.0 Å². The zero-order valence-corrected chi connectivity index (χ0v) is 9.50. The van der Waals surface area contributed by atoms with E-state index in [-0.39, 0.29) is 5.41 Å². The average Bonchev–Trinajstić information content (AvgIpc) is 2.67. The molecule has 15 heavy (non-hydrogen) atoms. The van der Waals surface area contributed by atoms with Crippen LogP contribution in [0.3, 0.4) is 0 Å². The smallest absolute Gasteiger partial charge is 0.139 e. The molecular weight excluding hydrogens is 188 g/mol. The summed E-state index contributed by atoms with van der Waals surface area (Å²) in [6.45, 7) is 0. The highest BCUT2D eigenvalue weighted by Gasteiger charge is 2.58. The van der Waals surface area contributed by atoms with Crippen molar-refractivity contribution in [2.75, 3.05) is 7.11 Å². The molecule has 4 unspecified atom stereocenters. The van der Waals surface area contributed by atoms with E-state index in [2.05, 4.69) is 0 Å². The van der Waals surface area contributed by atoms with Gasteiger partial charge in [0.05, 0.1) is 6.10 Å². The van der Waals surface area contributed by atoms with E-state index in [4.69, 9.17) is 4.74 Å². The molecule has 4 atom stereocenters. The van der Waals surface area contributed by atoms with Crippen molar-refractivity contribution in [2.45, 2.75) is 51.0 Å². The number of rotatable bonds is 1. The molecule has 84 valence electrons. The van der Waals surface area contributed by atoms with Crippen LogP contribution in [0.25, 0.3) is 0 Å². The number of carbonyl (C=O) groups is 1. The highest BCUT2D eigenvalue weighted by Crippen LogP contribution is 2.60. The summed E-state index contributed by atoms with van der Waals surface area (Å²) in [5, 5.41) is 0. The van der Waals surface area contributed by atoms with E-state index < -0.39 is 0 Å². The van der Waals surface area contributed by atoms with Gasteiger partial charge in [0.1, 0.15) is 5.78 Å². The van der Waals surface area contributed by atoms with E-state index in [1.54, 1.807) is 0 Å². The van der Waals surface area contributed by atoms with E-state index >= 15 is 0 Å². The van der Waals surface area contributed by atoms with Gasteiger partial charge in [0.25, 0.3) is 0 Å². The largest absolute Gasteiger partial charge is 0.381 e. The van der Waals surface area contributed by atoms with Crippen LogP contribution in [0.5, 0.6) is 0 Å². The zero-order chi connectivity index (χ0) is 10.5. The van der Waals surface area contributed by atoms with Crippen molar-refractivity contribution in [1.82, 2.24) is 0 Å². The number of hydrogen-bond acceptors (Lipinski definition) is 2. The van der Waals surface area contributed by atoms with Crippen LogP contribution in [0.1, 0.15) is 44.9 Å². The fourth-order valence-electron chi connectivity index (χ4n) is 4.26. The molecule has 3 aliphatic carbocycles. The third kappa shape index (κ3) is 1.24. The van der Waals surface area contributed by atoms with Gasteiger partial charge in [0, 0.05) is 18.9 Å². The minimum Gasteiger partial charge on any atom is -0.381 e. The molecule has 0 aromatic heterocycles. The number of methoxy groups -OCH3 is 1. The molecule has 0 radical (unpaired) electrons. The van der Waals surface area contributed by atoms with Crippen LogP contribution in [0.15, 0.2) is 0 Å². The fourth-order valence-corrected chi connectivity index (χ4v) is 4.26. The lowest BCUT2D eigenvalue weighted by molar-refractivity contribution is -0.144. The number of Topliss-reactive ketones (excluding diaryl/α,β-unsaturated/α-hetero) is 1. The first-order valence-electron chi connectivity index (χ1n) is 6.32. The Hall–Kier alpha value is -0.370. The minimum absolute atomic E-state index is 0.127. The van der Waals surface area contributed by atoms with E-state index in [1.807, 2.05) is 7.11 Å². The molecule has 3 aliphatic rings. The summed E-state index contributed by atoms with van der Waals surface area (Å²) < 4.78 is 5.49. The summed E-state index contributed by atoms with van der Waals surface area (Å²) in [7, 11) is 1.81. The summed E-state index contributed by atoms with van der Waals surface area (Å²) in [6.07, 6.45) is 8.57. The molecule has 3 rings (SSSR count). The minimum atomic E-state index is 0.127. The van der Waals surface area contributed by atoms with E-state index in [9.17, 15) is 4.79 Å². The molecule has 1 spiro atoms. The third-order valence-electron chi connectivity index (χ3n) is 5.30. The molecule has 3 saturated carbocycles. The highest BCUT2D eigenvalue weighted by molar-refractivity contribution is 5.91. The molecule has 0 amide bonds. The van der Waals surface area contributed by atoms with Gasteiger partial charge in [-0.05, 0) is 50.4 Å². The van der Waals surface area contributed by atoms with Gasteiger partial charge in [-0.2, -0.15) is 0 Å². The second kappa shape index (κ2) is 3.31. The van der Waals surface area contributed by atoms with Crippen molar-refractivity contribution in [1.29, 1.82) is 0 Å². The van der Waals surface area contributed by atoms with E-state index in [1.165, 1.54) is 32.1 Å². The molecule has 0 bridgehead atoms. The maximum Gasteiger partial charge on any atom is 0.139 e. The fraction of sp³-hybridized carbons (Fsp3) is 0.923. The number of carbonyl (C=O) groups excluding carboxylic acids is 1. The normalized spacial score (nSPS) is 49.1. The highest BCUT2D eigenvalue weighted by atomic mass is 16.5. The van der Waals surface area contributed by atoms with Gasteiger partial charge < -0.3 is 4.74 Å². The molecule has 3 fully saturated rings. The Bertz CT molecular complexity index is 286. The number of fused-ring (bicyclic) bond motifs is 2.